The number of nitrogens with one attached hydrogen (secondary N) is 1. The number of hydrogen-bond donors (Lipinski definition) is 1. The monoisotopic (exact) mass is 222 g/mol. The lowest BCUT2D eigenvalue weighted by atomic mass is 10.1. The standard InChI is InChI=1S/C12H18N2O2/c1-8(2)12(16)10-7-11(15)14(13-10)9-5-3-4-6-9/h7-9,13H,3-6H2,1-2H3. The summed E-state index contributed by atoms with van der Waals surface area (Å²) in [6.07, 6.45) is 4.42. The molecule has 1 aliphatic carbocycles. The van der Waals surface area contributed by atoms with Crippen molar-refractivity contribution >= 4 is 5.78 Å². The van der Waals surface area contributed by atoms with E-state index >= 15 is 0 Å². The van der Waals surface area contributed by atoms with Gasteiger partial charge in [0, 0.05) is 12.0 Å². The molecule has 1 fully saturated rings. The SMILES string of the molecule is CC(C)C(=O)c1cc(=O)n(C2CCCC2)[nH]1. The van der Waals surface area contributed by atoms with Crippen LogP contribution in [0.25, 0.3) is 0 Å². The van der Waals surface area contributed by atoms with Gasteiger partial charge in [0.2, 0.25) is 0 Å². The van der Waals surface area contributed by atoms with E-state index in [1.807, 2.05) is 13.8 Å². The molecule has 4 heteroatoms. The molecule has 0 unspecified atom stereocenters. The van der Waals surface area contributed by atoms with E-state index in [1.165, 1.54) is 18.9 Å². The van der Waals surface area contributed by atoms with Crippen molar-refractivity contribution in [1.29, 1.82) is 0 Å². The Bertz CT molecular complexity index is 436. The second-order valence-corrected chi connectivity index (χ2v) is 4.84. The van der Waals surface area contributed by atoms with E-state index in [1.54, 1.807) is 4.68 Å². The van der Waals surface area contributed by atoms with Crippen LogP contribution in [0.4, 0.5) is 0 Å². The van der Waals surface area contributed by atoms with Crippen LogP contribution >= 0.6 is 0 Å². The van der Waals surface area contributed by atoms with Crippen LogP contribution in [0.1, 0.15) is 56.1 Å². The van der Waals surface area contributed by atoms with Gasteiger partial charge in [-0.25, -0.2) is 4.68 Å². The summed E-state index contributed by atoms with van der Waals surface area (Å²) in [7, 11) is 0. The molecule has 0 saturated heterocycles. The lowest BCUT2D eigenvalue weighted by Crippen LogP contribution is -2.20. The number of ketones is 1. The zero-order valence-corrected chi connectivity index (χ0v) is 9.82. The number of nitrogens with zero attached hydrogens (tertiary/aromatic N) is 1. The second kappa shape index (κ2) is 4.28. The number of aromatic amines is 1. The molecule has 0 atom stereocenters. The van der Waals surface area contributed by atoms with E-state index in [4.69, 9.17) is 0 Å². The zero-order valence-electron chi connectivity index (χ0n) is 9.82. The van der Waals surface area contributed by atoms with Gasteiger partial charge in [-0.15, -0.1) is 0 Å². The Morgan fingerprint density at radius 2 is 2.06 bits per heavy atom. The van der Waals surface area contributed by atoms with Crippen LogP contribution in [-0.4, -0.2) is 15.6 Å². The largest absolute Gasteiger partial charge is 0.292 e. The summed E-state index contributed by atoms with van der Waals surface area (Å²) in [5.74, 6) is -0.0658. The van der Waals surface area contributed by atoms with Gasteiger partial charge in [-0.3, -0.25) is 14.7 Å². The third kappa shape index (κ3) is 1.96. The van der Waals surface area contributed by atoms with Gasteiger partial charge in [-0.2, -0.15) is 0 Å². The molecular formula is C12H18N2O2. The highest BCUT2D eigenvalue weighted by Crippen LogP contribution is 2.27. The number of Topliss-reactive ketones (excluding diaryl/α,β-unsaturated/α-hetero) is 1. The molecule has 1 aliphatic rings. The molecular weight excluding hydrogens is 204 g/mol. The number of carbonyl (C=O) groups excluding carboxylic acids is 1. The lowest BCUT2D eigenvalue weighted by Gasteiger charge is -2.09. The Morgan fingerprint density at radius 1 is 1.44 bits per heavy atom. The average Bonchev–Trinajstić information content (AvgIpc) is 2.84. The molecule has 1 N–H and O–H groups in total. The van der Waals surface area contributed by atoms with Crippen LogP contribution in [0.3, 0.4) is 0 Å². The van der Waals surface area contributed by atoms with E-state index < -0.39 is 0 Å². The van der Waals surface area contributed by atoms with Gasteiger partial charge in [-0.1, -0.05) is 26.7 Å². The maximum Gasteiger partial charge on any atom is 0.267 e. The molecule has 88 valence electrons. The van der Waals surface area contributed by atoms with Gasteiger partial charge in [0.1, 0.15) is 5.69 Å². The number of aromatic nitrogens is 2. The highest BCUT2D eigenvalue weighted by atomic mass is 16.1. The van der Waals surface area contributed by atoms with Gasteiger partial charge in [0.05, 0.1) is 6.04 Å². The minimum atomic E-state index is -0.0740. The van der Waals surface area contributed by atoms with Crippen LogP contribution in [-0.2, 0) is 0 Å². The van der Waals surface area contributed by atoms with Crippen molar-refractivity contribution in [3.63, 3.8) is 0 Å². The first-order valence-electron chi connectivity index (χ1n) is 5.95. The summed E-state index contributed by atoms with van der Waals surface area (Å²) in [6, 6.07) is 1.70. The summed E-state index contributed by atoms with van der Waals surface area (Å²) >= 11 is 0. The summed E-state index contributed by atoms with van der Waals surface area (Å²) in [5, 5.41) is 2.96. The number of hydrogen-bond acceptors (Lipinski definition) is 2. The van der Waals surface area contributed by atoms with E-state index in [-0.39, 0.29) is 23.3 Å². The Morgan fingerprint density at radius 3 is 2.62 bits per heavy atom. The topological polar surface area (TPSA) is 54.9 Å². The van der Waals surface area contributed by atoms with Crippen molar-refractivity contribution in [2.24, 2.45) is 5.92 Å². The second-order valence-electron chi connectivity index (χ2n) is 4.84. The van der Waals surface area contributed by atoms with Gasteiger partial charge < -0.3 is 0 Å². The molecule has 1 saturated carbocycles. The molecule has 1 heterocycles. The minimum absolute atomic E-state index is 0.00819. The number of H-pyrrole nitrogens is 1. The van der Waals surface area contributed by atoms with Crippen molar-refractivity contribution in [3.05, 3.63) is 22.1 Å². The van der Waals surface area contributed by atoms with Crippen LogP contribution in [0, 0.1) is 5.92 Å². The first kappa shape index (κ1) is 11.2. The number of carbonyl (C=O) groups is 1. The van der Waals surface area contributed by atoms with Crippen LogP contribution in [0.5, 0.6) is 0 Å². The summed E-state index contributed by atoms with van der Waals surface area (Å²) in [5.41, 5.74) is 0.378. The predicted octanol–water partition coefficient (Wildman–Crippen LogP) is 2.13. The molecule has 1 aromatic rings. The van der Waals surface area contributed by atoms with Crippen molar-refractivity contribution in [3.8, 4) is 0 Å². The molecule has 2 rings (SSSR count). The van der Waals surface area contributed by atoms with Crippen molar-refractivity contribution < 1.29 is 4.79 Å². The Kier molecular flexibility index (Phi) is 2.99. The van der Waals surface area contributed by atoms with E-state index in [0.29, 0.717) is 5.69 Å². The van der Waals surface area contributed by atoms with Crippen LogP contribution in [0.2, 0.25) is 0 Å². The highest BCUT2D eigenvalue weighted by Gasteiger charge is 2.21. The van der Waals surface area contributed by atoms with Crippen molar-refractivity contribution in [1.82, 2.24) is 9.78 Å². The normalized spacial score (nSPS) is 17.2. The van der Waals surface area contributed by atoms with E-state index in [2.05, 4.69) is 5.10 Å². The van der Waals surface area contributed by atoms with Gasteiger partial charge in [0.15, 0.2) is 5.78 Å². The molecule has 4 nitrogen and oxygen atoms in total. The smallest absolute Gasteiger partial charge is 0.267 e. The van der Waals surface area contributed by atoms with E-state index in [9.17, 15) is 9.59 Å². The Labute approximate surface area is 94.6 Å². The molecule has 0 bridgehead atoms. The molecule has 16 heavy (non-hydrogen) atoms. The van der Waals surface area contributed by atoms with Crippen LogP contribution in [0.15, 0.2) is 10.9 Å². The maximum atomic E-state index is 11.7. The van der Waals surface area contributed by atoms with E-state index in [0.717, 1.165) is 12.8 Å². The van der Waals surface area contributed by atoms with Gasteiger partial charge >= 0.3 is 0 Å². The molecule has 0 spiro atoms. The predicted molar refractivity (Wildman–Crippen MR) is 61.7 cm³/mol. The Balaban J connectivity index is 2.28. The zero-order chi connectivity index (χ0) is 11.7. The fraction of sp³-hybridized carbons (Fsp3) is 0.667. The maximum absolute atomic E-state index is 11.7. The average molecular weight is 222 g/mol. The summed E-state index contributed by atoms with van der Waals surface area (Å²) in [6.45, 7) is 3.68. The Hall–Kier alpha value is -1.32. The minimum Gasteiger partial charge on any atom is -0.292 e. The third-order valence-electron chi connectivity index (χ3n) is 3.23. The summed E-state index contributed by atoms with van der Waals surface area (Å²) < 4.78 is 1.63. The van der Waals surface area contributed by atoms with Crippen molar-refractivity contribution in [2.75, 3.05) is 0 Å². The third-order valence-corrected chi connectivity index (χ3v) is 3.23. The first-order valence-corrected chi connectivity index (χ1v) is 5.95. The summed E-state index contributed by atoms with van der Waals surface area (Å²) in [4.78, 5) is 23.5. The lowest BCUT2D eigenvalue weighted by molar-refractivity contribution is 0.0933. The number of rotatable bonds is 3. The fourth-order valence-electron chi connectivity index (χ4n) is 2.28. The molecule has 1 aromatic heterocycles. The molecule has 0 aromatic carbocycles. The van der Waals surface area contributed by atoms with Crippen molar-refractivity contribution in [2.45, 2.75) is 45.6 Å². The molecule has 0 amide bonds. The highest BCUT2D eigenvalue weighted by molar-refractivity contribution is 5.95. The van der Waals surface area contributed by atoms with Crippen LogP contribution < -0.4 is 5.56 Å². The first-order chi connectivity index (χ1) is 7.59. The van der Waals surface area contributed by atoms with Gasteiger partial charge in [-0.05, 0) is 12.8 Å². The molecule has 0 radical (unpaired) electrons. The molecule has 0 aliphatic heterocycles. The van der Waals surface area contributed by atoms with Gasteiger partial charge in [0.25, 0.3) is 5.56 Å². The fourth-order valence-corrected chi connectivity index (χ4v) is 2.28. The quantitative estimate of drug-likeness (QED) is 0.796.